The highest BCUT2D eigenvalue weighted by Crippen LogP contribution is 2.05. The van der Waals surface area contributed by atoms with Crippen LogP contribution in [0, 0.1) is 0 Å². The van der Waals surface area contributed by atoms with Crippen molar-refractivity contribution >= 4 is 0 Å². The van der Waals surface area contributed by atoms with Crippen LogP contribution in [-0.2, 0) is 0 Å². The van der Waals surface area contributed by atoms with Crippen molar-refractivity contribution in [1.82, 2.24) is 10.2 Å². The average molecular weight is 200 g/mol. The summed E-state index contributed by atoms with van der Waals surface area (Å²) < 4.78 is 0. The molecule has 0 atom stereocenters. The van der Waals surface area contributed by atoms with E-state index in [0.717, 1.165) is 12.6 Å². The number of nitrogens with zero attached hydrogens (tertiary/aromatic N) is 1. The molecule has 0 saturated heterocycles. The van der Waals surface area contributed by atoms with E-state index in [1.165, 1.54) is 38.8 Å². The van der Waals surface area contributed by atoms with Gasteiger partial charge in [0.15, 0.2) is 0 Å². The van der Waals surface area contributed by atoms with Gasteiger partial charge in [-0.05, 0) is 52.4 Å². The van der Waals surface area contributed by atoms with Gasteiger partial charge in [-0.1, -0.05) is 20.8 Å². The second-order valence-corrected chi connectivity index (χ2v) is 4.05. The maximum absolute atomic E-state index is 3.44. The first-order valence-electron chi connectivity index (χ1n) is 6.17. The predicted octanol–water partition coefficient (Wildman–Crippen LogP) is 2.50. The van der Waals surface area contributed by atoms with E-state index in [-0.39, 0.29) is 0 Å². The second-order valence-electron chi connectivity index (χ2n) is 4.05. The third-order valence-corrected chi connectivity index (χ3v) is 2.86. The summed E-state index contributed by atoms with van der Waals surface area (Å²) in [6.45, 7) is 10.3. The zero-order valence-corrected chi connectivity index (χ0v) is 10.5. The maximum atomic E-state index is 3.44. The molecule has 0 bridgehead atoms. The first-order valence-corrected chi connectivity index (χ1v) is 6.17. The minimum atomic E-state index is 0.779. The van der Waals surface area contributed by atoms with Crippen LogP contribution in [-0.4, -0.2) is 37.6 Å². The Morgan fingerprint density at radius 1 is 1.07 bits per heavy atom. The third-order valence-electron chi connectivity index (χ3n) is 2.86. The molecular formula is C12H28N2. The summed E-state index contributed by atoms with van der Waals surface area (Å²) in [5, 5.41) is 3.44. The highest BCUT2D eigenvalue weighted by atomic mass is 15.1. The molecule has 0 radical (unpaired) electrons. The van der Waals surface area contributed by atoms with Crippen molar-refractivity contribution in [1.29, 1.82) is 0 Å². The molecule has 0 rings (SSSR count). The van der Waals surface area contributed by atoms with Crippen LogP contribution < -0.4 is 5.32 Å². The standard InChI is InChI=1S/C12H28N2/c1-5-9-13-10-8-11-14(4)12(6-2)7-3/h12-13H,5-11H2,1-4H3. The molecule has 0 aromatic carbocycles. The van der Waals surface area contributed by atoms with Gasteiger partial charge in [0.25, 0.3) is 0 Å². The highest BCUT2D eigenvalue weighted by Gasteiger charge is 2.08. The Balaban J connectivity index is 3.37. The molecule has 0 fully saturated rings. The van der Waals surface area contributed by atoms with Gasteiger partial charge in [0.1, 0.15) is 0 Å². The van der Waals surface area contributed by atoms with Gasteiger partial charge in [-0.3, -0.25) is 0 Å². The minimum absolute atomic E-state index is 0.779. The summed E-state index contributed by atoms with van der Waals surface area (Å²) in [6, 6.07) is 0.779. The molecule has 0 unspecified atom stereocenters. The average Bonchev–Trinajstić information content (AvgIpc) is 2.19. The minimum Gasteiger partial charge on any atom is -0.317 e. The van der Waals surface area contributed by atoms with Gasteiger partial charge in [0.05, 0.1) is 0 Å². The van der Waals surface area contributed by atoms with Gasteiger partial charge in [-0.15, -0.1) is 0 Å². The Hall–Kier alpha value is -0.0800. The normalized spacial score (nSPS) is 11.6. The molecule has 14 heavy (non-hydrogen) atoms. The summed E-state index contributed by atoms with van der Waals surface area (Å²) in [5.74, 6) is 0. The molecule has 0 aromatic heterocycles. The van der Waals surface area contributed by atoms with Crippen LogP contribution in [0.1, 0.15) is 46.5 Å². The summed E-state index contributed by atoms with van der Waals surface area (Å²) in [5.41, 5.74) is 0. The Bertz CT molecular complexity index is 111. The molecule has 0 heterocycles. The largest absolute Gasteiger partial charge is 0.317 e. The third kappa shape index (κ3) is 6.39. The van der Waals surface area contributed by atoms with Gasteiger partial charge >= 0.3 is 0 Å². The Kier molecular flexibility index (Phi) is 9.42. The van der Waals surface area contributed by atoms with Gasteiger partial charge in [-0.25, -0.2) is 0 Å². The van der Waals surface area contributed by atoms with Crippen LogP contribution in [0.2, 0.25) is 0 Å². The van der Waals surface area contributed by atoms with Crippen LogP contribution in [0.15, 0.2) is 0 Å². The smallest absolute Gasteiger partial charge is 0.00869 e. The maximum Gasteiger partial charge on any atom is 0.00869 e. The van der Waals surface area contributed by atoms with Crippen molar-refractivity contribution < 1.29 is 0 Å². The Morgan fingerprint density at radius 2 is 1.71 bits per heavy atom. The van der Waals surface area contributed by atoms with E-state index < -0.39 is 0 Å². The van der Waals surface area contributed by atoms with Gasteiger partial charge < -0.3 is 10.2 Å². The molecule has 86 valence electrons. The van der Waals surface area contributed by atoms with E-state index in [1.54, 1.807) is 0 Å². The molecule has 0 aliphatic carbocycles. The lowest BCUT2D eigenvalue weighted by molar-refractivity contribution is 0.226. The lowest BCUT2D eigenvalue weighted by Crippen LogP contribution is -2.33. The summed E-state index contributed by atoms with van der Waals surface area (Å²) in [4.78, 5) is 2.49. The van der Waals surface area contributed by atoms with Gasteiger partial charge in [0, 0.05) is 6.04 Å². The van der Waals surface area contributed by atoms with Crippen LogP contribution in [0.4, 0.5) is 0 Å². The van der Waals surface area contributed by atoms with Crippen molar-refractivity contribution in [2.24, 2.45) is 0 Å². The lowest BCUT2D eigenvalue weighted by atomic mass is 10.1. The van der Waals surface area contributed by atoms with Crippen LogP contribution in [0.5, 0.6) is 0 Å². The first-order chi connectivity index (χ1) is 6.76. The van der Waals surface area contributed by atoms with E-state index in [2.05, 4.69) is 38.0 Å². The molecular weight excluding hydrogens is 172 g/mol. The van der Waals surface area contributed by atoms with E-state index in [0.29, 0.717) is 0 Å². The van der Waals surface area contributed by atoms with Gasteiger partial charge in [-0.2, -0.15) is 0 Å². The SMILES string of the molecule is CCCNCCCN(C)C(CC)CC. The van der Waals surface area contributed by atoms with Gasteiger partial charge in [0.2, 0.25) is 0 Å². The molecule has 0 amide bonds. The summed E-state index contributed by atoms with van der Waals surface area (Å²) >= 11 is 0. The number of hydrogen-bond donors (Lipinski definition) is 1. The topological polar surface area (TPSA) is 15.3 Å². The molecule has 0 saturated carbocycles. The molecule has 0 spiro atoms. The Morgan fingerprint density at radius 3 is 2.21 bits per heavy atom. The van der Waals surface area contributed by atoms with Crippen molar-refractivity contribution in [2.45, 2.75) is 52.5 Å². The highest BCUT2D eigenvalue weighted by molar-refractivity contribution is 4.65. The number of rotatable bonds is 9. The Labute approximate surface area is 90.1 Å². The van der Waals surface area contributed by atoms with Crippen molar-refractivity contribution in [2.75, 3.05) is 26.7 Å². The fourth-order valence-electron chi connectivity index (χ4n) is 1.85. The van der Waals surface area contributed by atoms with E-state index >= 15 is 0 Å². The number of hydrogen-bond acceptors (Lipinski definition) is 2. The monoisotopic (exact) mass is 200 g/mol. The molecule has 0 aromatic rings. The van der Waals surface area contributed by atoms with Crippen LogP contribution in [0.3, 0.4) is 0 Å². The predicted molar refractivity (Wildman–Crippen MR) is 64.8 cm³/mol. The molecule has 2 heteroatoms. The van der Waals surface area contributed by atoms with E-state index in [9.17, 15) is 0 Å². The molecule has 0 aliphatic rings. The van der Waals surface area contributed by atoms with Crippen LogP contribution >= 0.6 is 0 Å². The van der Waals surface area contributed by atoms with E-state index in [4.69, 9.17) is 0 Å². The first kappa shape index (κ1) is 13.9. The fraction of sp³-hybridized carbons (Fsp3) is 1.00. The lowest BCUT2D eigenvalue weighted by Gasteiger charge is -2.25. The van der Waals surface area contributed by atoms with E-state index in [1.807, 2.05) is 0 Å². The van der Waals surface area contributed by atoms with Crippen molar-refractivity contribution in [3.8, 4) is 0 Å². The second kappa shape index (κ2) is 9.47. The zero-order chi connectivity index (χ0) is 10.8. The number of nitrogens with one attached hydrogen (secondary N) is 1. The van der Waals surface area contributed by atoms with Crippen LogP contribution in [0.25, 0.3) is 0 Å². The zero-order valence-electron chi connectivity index (χ0n) is 10.5. The summed E-state index contributed by atoms with van der Waals surface area (Å²) in [7, 11) is 2.25. The summed E-state index contributed by atoms with van der Waals surface area (Å²) in [6.07, 6.45) is 5.06. The quantitative estimate of drug-likeness (QED) is 0.575. The van der Waals surface area contributed by atoms with Crippen molar-refractivity contribution in [3.05, 3.63) is 0 Å². The van der Waals surface area contributed by atoms with Crippen molar-refractivity contribution in [3.63, 3.8) is 0 Å². The fourth-order valence-corrected chi connectivity index (χ4v) is 1.85. The molecule has 1 N–H and O–H groups in total. The molecule has 0 aliphatic heterocycles. The molecule has 2 nitrogen and oxygen atoms in total.